The summed E-state index contributed by atoms with van der Waals surface area (Å²) >= 11 is 0. The number of halogens is 6. The van der Waals surface area contributed by atoms with Crippen molar-refractivity contribution >= 4 is 17.2 Å². The molecule has 0 unspecified atom stereocenters. The van der Waals surface area contributed by atoms with E-state index in [4.69, 9.17) is 0 Å². The molecule has 0 spiro atoms. The first-order valence-corrected chi connectivity index (χ1v) is 7.51. The summed E-state index contributed by atoms with van der Waals surface area (Å²) in [5, 5.41) is 2.27. The third-order valence-corrected chi connectivity index (χ3v) is 3.78. The standard InChI is InChI=1S/C17H11F6N3O/c1-9-14(26-8-11(17(21,22)23)5-6-13(26)24-9)15(27)25-12-4-2-3-10(7-12)16(18,19)20/h2-8H,1H3,(H,25,27). The number of hydrogen-bond acceptors (Lipinski definition) is 2. The lowest BCUT2D eigenvalue weighted by Crippen LogP contribution is -2.17. The third kappa shape index (κ3) is 3.74. The molecule has 0 atom stereocenters. The number of carbonyl (C=O) groups excluding carboxylic acids is 1. The van der Waals surface area contributed by atoms with Gasteiger partial charge in [-0.3, -0.25) is 9.20 Å². The van der Waals surface area contributed by atoms with Crippen molar-refractivity contribution in [1.82, 2.24) is 9.38 Å². The minimum atomic E-state index is -4.62. The van der Waals surface area contributed by atoms with Crippen LogP contribution in [0.25, 0.3) is 5.65 Å². The molecule has 0 saturated carbocycles. The molecule has 2 heterocycles. The molecule has 0 aliphatic rings. The van der Waals surface area contributed by atoms with Gasteiger partial charge in [-0.15, -0.1) is 0 Å². The van der Waals surface area contributed by atoms with Crippen LogP contribution in [0.2, 0.25) is 0 Å². The van der Waals surface area contributed by atoms with Gasteiger partial charge in [0.2, 0.25) is 0 Å². The molecule has 0 radical (unpaired) electrons. The van der Waals surface area contributed by atoms with Crippen LogP contribution in [-0.2, 0) is 12.4 Å². The number of fused-ring (bicyclic) bond motifs is 1. The molecule has 0 fully saturated rings. The Morgan fingerprint density at radius 1 is 1.00 bits per heavy atom. The van der Waals surface area contributed by atoms with Crippen LogP contribution < -0.4 is 5.32 Å². The van der Waals surface area contributed by atoms with E-state index >= 15 is 0 Å². The molecule has 0 bridgehead atoms. The summed E-state index contributed by atoms with van der Waals surface area (Å²) in [5.41, 5.74) is -2.05. The van der Waals surface area contributed by atoms with E-state index in [1.165, 1.54) is 13.0 Å². The van der Waals surface area contributed by atoms with Gasteiger partial charge < -0.3 is 5.32 Å². The number of alkyl halides is 6. The Hall–Kier alpha value is -3.04. The highest BCUT2D eigenvalue weighted by molar-refractivity contribution is 6.04. The van der Waals surface area contributed by atoms with Gasteiger partial charge in [0.15, 0.2) is 0 Å². The number of rotatable bonds is 2. The van der Waals surface area contributed by atoms with Gasteiger partial charge in [0.1, 0.15) is 11.3 Å². The molecule has 1 amide bonds. The molecule has 27 heavy (non-hydrogen) atoms. The van der Waals surface area contributed by atoms with E-state index in [1.54, 1.807) is 0 Å². The number of anilines is 1. The van der Waals surface area contributed by atoms with Crippen molar-refractivity contribution in [3.63, 3.8) is 0 Å². The van der Waals surface area contributed by atoms with Crippen molar-refractivity contribution in [2.24, 2.45) is 0 Å². The van der Waals surface area contributed by atoms with Gasteiger partial charge in [-0.25, -0.2) is 4.98 Å². The van der Waals surface area contributed by atoms with Gasteiger partial charge in [0, 0.05) is 11.9 Å². The first kappa shape index (κ1) is 18.7. The summed E-state index contributed by atoms with van der Waals surface area (Å²) < 4.78 is 78.0. The third-order valence-electron chi connectivity index (χ3n) is 3.78. The lowest BCUT2D eigenvalue weighted by Gasteiger charge is -2.11. The van der Waals surface area contributed by atoms with Gasteiger partial charge >= 0.3 is 12.4 Å². The predicted octanol–water partition coefficient (Wildman–Crippen LogP) is 4.93. The number of aromatic nitrogens is 2. The van der Waals surface area contributed by atoms with E-state index in [0.717, 1.165) is 40.9 Å². The Kier molecular flexibility index (Phi) is 4.37. The maximum atomic E-state index is 12.9. The van der Waals surface area contributed by atoms with Gasteiger partial charge in [-0.2, -0.15) is 26.3 Å². The predicted molar refractivity (Wildman–Crippen MR) is 84.3 cm³/mol. The van der Waals surface area contributed by atoms with Crippen LogP contribution in [-0.4, -0.2) is 15.3 Å². The maximum Gasteiger partial charge on any atom is 0.417 e. The molecule has 4 nitrogen and oxygen atoms in total. The van der Waals surface area contributed by atoms with Crippen LogP contribution in [0, 0.1) is 6.92 Å². The Bertz CT molecular complexity index is 1020. The number of nitrogens with one attached hydrogen (secondary N) is 1. The summed E-state index contributed by atoms with van der Waals surface area (Å²) in [4.78, 5) is 16.5. The summed E-state index contributed by atoms with van der Waals surface area (Å²) in [7, 11) is 0. The average molecular weight is 387 g/mol. The second-order valence-corrected chi connectivity index (χ2v) is 5.72. The maximum absolute atomic E-state index is 12.9. The van der Waals surface area contributed by atoms with E-state index in [2.05, 4.69) is 10.3 Å². The zero-order valence-corrected chi connectivity index (χ0v) is 13.6. The Morgan fingerprint density at radius 3 is 2.30 bits per heavy atom. The summed E-state index contributed by atoms with van der Waals surface area (Å²) in [6.45, 7) is 1.42. The van der Waals surface area contributed by atoms with Crippen molar-refractivity contribution in [1.29, 1.82) is 0 Å². The molecule has 0 saturated heterocycles. The summed E-state index contributed by atoms with van der Waals surface area (Å²) in [5.74, 6) is -0.876. The topological polar surface area (TPSA) is 46.4 Å². The molecule has 0 aliphatic heterocycles. The average Bonchev–Trinajstić information content (AvgIpc) is 2.88. The number of hydrogen-bond donors (Lipinski definition) is 1. The highest BCUT2D eigenvalue weighted by Crippen LogP contribution is 2.31. The number of amides is 1. The second-order valence-electron chi connectivity index (χ2n) is 5.72. The number of nitrogens with zero attached hydrogens (tertiary/aromatic N) is 2. The first-order chi connectivity index (χ1) is 12.5. The Morgan fingerprint density at radius 2 is 1.67 bits per heavy atom. The smallest absolute Gasteiger partial charge is 0.321 e. The number of aryl methyl sites for hydroxylation is 1. The van der Waals surface area contributed by atoms with Crippen molar-refractivity contribution in [2.75, 3.05) is 5.32 Å². The van der Waals surface area contributed by atoms with Crippen LogP contribution in [0.3, 0.4) is 0 Å². The van der Waals surface area contributed by atoms with Crippen LogP contribution >= 0.6 is 0 Å². The minimum Gasteiger partial charge on any atom is -0.321 e. The molecular weight excluding hydrogens is 376 g/mol. The quantitative estimate of drug-likeness (QED) is 0.634. The molecule has 0 aliphatic carbocycles. The van der Waals surface area contributed by atoms with E-state index in [1.807, 2.05) is 0 Å². The number of carbonyl (C=O) groups is 1. The molecule has 1 aromatic carbocycles. The fraction of sp³-hybridized carbons (Fsp3) is 0.176. The Labute approximate surface area is 148 Å². The summed E-state index contributed by atoms with van der Waals surface area (Å²) in [6.07, 6.45) is -8.50. The zero-order chi connectivity index (χ0) is 20.0. The van der Waals surface area contributed by atoms with E-state index in [-0.39, 0.29) is 22.7 Å². The van der Waals surface area contributed by atoms with Crippen molar-refractivity contribution in [2.45, 2.75) is 19.3 Å². The lowest BCUT2D eigenvalue weighted by molar-refractivity contribution is -0.138. The number of pyridine rings is 1. The largest absolute Gasteiger partial charge is 0.417 e. The lowest BCUT2D eigenvalue weighted by atomic mass is 10.2. The summed E-state index contributed by atoms with van der Waals surface area (Å²) in [6, 6.07) is 5.86. The number of benzene rings is 1. The highest BCUT2D eigenvalue weighted by Gasteiger charge is 2.32. The fourth-order valence-corrected chi connectivity index (χ4v) is 2.57. The monoisotopic (exact) mass is 387 g/mol. The van der Waals surface area contributed by atoms with Gasteiger partial charge in [-0.05, 0) is 37.3 Å². The zero-order valence-electron chi connectivity index (χ0n) is 13.6. The van der Waals surface area contributed by atoms with E-state index < -0.39 is 29.4 Å². The molecule has 3 rings (SSSR count). The minimum absolute atomic E-state index is 0.106. The van der Waals surface area contributed by atoms with Crippen molar-refractivity contribution < 1.29 is 31.1 Å². The van der Waals surface area contributed by atoms with Crippen LogP contribution in [0.5, 0.6) is 0 Å². The first-order valence-electron chi connectivity index (χ1n) is 7.51. The molecule has 2 aromatic heterocycles. The highest BCUT2D eigenvalue weighted by atomic mass is 19.4. The molecule has 10 heteroatoms. The van der Waals surface area contributed by atoms with Gasteiger partial charge in [-0.1, -0.05) is 6.07 Å². The van der Waals surface area contributed by atoms with Gasteiger partial charge in [0.25, 0.3) is 5.91 Å². The SMILES string of the molecule is Cc1nc2ccc(C(F)(F)F)cn2c1C(=O)Nc1cccc(C(F)(F)F)c1. The molecule has 1 N–H and O–H groups in total. The van der Waals surface area contributed by atoms with Crippen molar-refractivity contribution in [3.8, 4) is 0 Å². The van der Waals surface area contributed by atoms with Crippen LogP contribution in [0.4, 0.5) is 32.0 Å². The normalized spacial score (nSPS) is 12.4. The second kappa shape index (κ2) is 6.29. The molecule has 142 valence electrons. The molecule has 3 aromatic rings. The molecular formula is C17H11F6N3O. The van der Waals surface area contributed by atoms with Crippen LogP contribution in [0.1, 0.15) is 27.3 Å². The van der Waals surface area contributed by atoms with E-state index in [0.29, 0.717) is 0 Å². The van der Waals surface area contributed by atoms with Gasteiger partial charge in [0.05, 0.1) is 16.8 Å². The van der Waals surface area contributed by atoms with Crippen molar-refractivity contribution in [3.05, 3.63) is 65.1 Å². The Balaban J connectivity index is 2.00. The van der Waals surface area contributed by atoms with E-state index in [9.17, 15) is 31.1 Å². The number of imidazole rings is 1. The van der Waals surface area contributed by atoms with Crippen LogP contribution in [0.15, 0.2) is 42.6 Å². The fourth-order valence-electron chi connectivity index (χ4n) is 2.57.